The maximum Gasteiger partial charge on any atom is 2.00 e. The van der Waals surface area contributed by atoms with Crippen molar-refractivity contribution in [2.45, 2.75) is 0 Å². The molecule has 7 heavy (non-hydrogen) atoms. The second-order valence-corrected chi connectivity index (χ2v) is 1.50. The molecule has 0 aliphatic heterocycles. The Bertz CT molecular complexity index is 25.2. The molecule has 0 aliphatic rings. The van der Waals surface area contributed by atoms with Gasteiger partial charge in [0.05, 0.1) is 0 Å². The zero-order valence-electron chi connectivity index (χ0n) is 3.03. The Labute approximate surface area is 72.7 Å². The first-order valence-corrected chi connectivity index (χ1v) is 2.45. The number of hydrogen-bond acceptors (Lipinski definition) is 4. The number of rotatable bonds is 0. The molecule has 0 aromatic rings. The predicted octanol–water partition coefficient (Wildman–Crippen LogP) is -5.14. The fraction of sp³-hybridized carbons (Fsp3) is 0. The van der Waals surface area contributed by atoms with Crippen LogP contribution in [0.15, 0.2) is 0 Å². The van der Waals surface area contributed by atoms with E-state index < -0.39 is 9.05 Å². The maximum atomic E-state index is 8.58. The van der Waals surface area contributed by atoms with Gasteiger partial charge in [-0.25, -0.2) is 0 Å². The third kappa shape index (κ3) is 97.8. The summed E-state index contributed by atoms with van der Waals surface area (Å²) in [4.78, 5) is 34.3. The molecule has 0 bridgehead atoms. The smallest absolute Gasteiger partial charge is 0.894 e. The molecule has 0 N–H and O–H groups in total. The summed E-state index contributed by atoms with van der Waals surface area (Å²) in [6.45, 7) is 0. The van der Waals surface area contributed by atoms with Crippen LogP contribution in [0.25, 0.3) is 0 Å². The SMILES string of the molecule is [O-][Si]([O-])([O-])[O-].[Ta+2].[Ta+2]. The van der Waals surface area contributed by atoms with Gasteiger partial charge in [0.25, 0.3) is 0 Å². The molecule has 0 aliphatic carbocycles. The molecule has 7 heteroatoms. The molecule has 0 unspecified atom stereocenters. The quantitative estimate of drug-likeness (QED) is 0.343. The fourth-order valence-corrected chi connectivity index (χ4v) is 0. The van der Waals surface area contributed by atoms with E-state index in [-0.39, 0.29) is 44.8 Å². The summed E-state index contributed by atoms with van der Waals surface area (Å²) in [5.41, 5.74) is 0. The predicted molar refractivity (Wildman–Crippen MR) is 5.75 cm³/mol. The average Bonchev–Trinajstić information content (AvgIpc) is 0.722. The standard InChI is InChI=1S/O4Si.2Ta/c1-5(2,3)4;;/q-4;2*+2. The van der Waals surface area contributed by atoms with Crippen LogP contribution < -0.4 is 19.2 Å². The second kappa shape index (κ2) is 5.67. The van der Waals surface area contributed by atoms with Crippen molar-refractivity contribution in [2.75, 3.05) is 0 Å². The Morgan fingerprint density at radius 3 is 0.714 bits per heavy atom. The first-order chi connectivity index (χ1) is 2.00. The van der Waals surface area contributed by atoms with Crippen molar-refractivity contribution in [3.8, 4) is 0 Å². The summed E-state index contributed by atoms with van der Waals surface area (Å²) >= 11 is 0. The van der Waals surface area contributed by atoms with Crippen LogP contribution in [0.2, 0.25) is 0 Å². The minimum Gasteiger partial charge on any atom is -0.894 e. The van der Waals surface area contributed by atoms with E-state index >= 15 is 0 Å². The van der Waals surface area contributed by atoms with Crippen molar-refractivity contribution in [1.82, 2.24) is 0 Å². The largest absolute Gasteiger partial charge is 2.00 e. The van der Waals surface area contributed by atoms with E-state index in [0.29, 0.717) is 0 Å². The van der Waals surface area contributed by atoms with Gasteiger partial charge in [-0.2, -0.15) is 0 Å². The summed E-state index contributed by atoms with van der Waals surface area (Å²) in [5.74, 6) is 0. The Hall–Kier alpha value is 1.54. The molecule has 0 aromatic heterocycles. The van der Waals surface area contributed by atoms with Crippen LogP contribution in [0.3, 0.4) is 0 Å². The van der Waals surface area contributed by atoms with Crippen LogP contribution in [-0.2, 0) is 44.8 Å². The van der Waals surface area contributed by atoms with Gasteiger partial charge < -0.3 is 28.2 Å². The molecule has 0 rings (SSSR count). The van der Waals surface area contributed by atoms with Crippen LogP contribution in [0.5, 0.6) is 0 Å². The summed E-state index contributed by atoms with van der Waals surface area (Å²) in [6, 6.07) is 0. The molecule has 0 saturated heterocycles. The minimum atomic E-state index is -5.61. The summed E-state index contributed by atoms with van der Waals surface area (Å²) < 4.78 is 0. The van der Waals surface area contributed by atoms with Crippen molar-refractivity contribution < 1.29 is 63.9 Å². The molecule has 0 aromatic carbocycles. The van der Waals surface area contributed by atoms with Gasteiger partial charge >= 0.3 is 44.8 Å². The van der Waals surface area contributed by atoms with Gasteiger partial charge in [0.1, 0.15) is 0 Å². The molecule has 0 saturated carbocycles. The second-order valence-electron chi connectivity index (χ2n) is 0.500. The van der Waals surface area contributed by atoms with E-state index in [4.69, 9.17) is 19.2 Å². The molecule has 0 atom stereocenters. The van der Waals surface area contributed by atoms with E-state index in [1.807, 2.05) is 0 Å². The zero-order chi connectivity index (χ0) is 4.50. The third-order valence-corrected chi connectivity index (χ3v) is 0. The molecule has 38 valence electrons. The van der Waals surface area contributed by atoms with Crippen LogP contribution in [0.1, 0.15) is 0 Å². The molecule has 0 spiro atoms. The summed E-state index contributed by atoms with van der Waals surface area (Å²) in [5, 5.41) is 0. The zero-order valence-corrected chi connectivity index (χ0v) is 10.5. The van der Waals surface area contributed by atoms with Gasteiger partial charge in [0.2, 0.25) is 0 Å². The molecule has 0 heterocycles. The number of hydrogen-bond donors (Lipinski definition) is 0. The van der Waals surface area contributed by atoms with Crippen LogP contribution in [-0.4, -0.2) is 9.05 Å². The van der Waals surface area contributed by atoms with Crippen molar-refractivity contribution in [1.29, 1.82) is 0 Å². The Balaban J connectivity index is -0.0000000800. The monoisotopic (exact) mass is 454 g/mol. The van der Waals surface area contributed by atoms with Crippen LogP contribution >= 0.6 is 0 Å². The molecular weight excluding hydrogens is 454 g/mol. The van der Waals surface area contributed by atoms with Crippen LogP contribution in [0.4, 0.5) is 0 Å². The van der Waals surface area contributed by atoms with E-state index in [1.165, 1.54) is 0 Å². The minimum absolute atomic E-state index is 0. The van der Waals surface area contributed by atoms with Crippen molar-refractivity contribution in [3.63, 3.8) is 0 Å². The third-order valence-electron chi connectivity index (χ3n) is 0. The van der Waals surface area contributed by atoms with Crippen molar-refractivity contribution in [2.24, 2.45) is 0 Å². The van der Waals surface area contributed by atoms with E-state index in [1.54, 1.807) is 0 Å². The molecule has 0 fully saturated rings. The molecule has 4 nitrogen and oxygen atoms in total. The van der Waals surface area contributed by atoms with E-state index in [9.17, 15) is 0 Å². The van der Waals surface area contributed by atoms with Gasteiger partial charge in [-0.15, -0.1) is 0 Å². The van der Waals surface area contributed by atoms with Gasteiger partial charge in [-0.05, 0) is 0 Å². The first kappa shape index (κ1) is 15.8. The first-order valence-electron chi connectivity index (χ1n) is 0.816. The maximum absolute atomic E-state index is 8.58. The van der Waals surface area contributed by atoms with Gasteiger partial charge in [-0.3, -0.25) is 0 Å². The topological polar surface area (TPSA) is 92.2 Å². The van der Waals surface area contributed by atoms with Gasteiger partial charge in [0.15, 0.2) is 0 Å². The van der Waals surface area contributed by atoms with Gasteiger partial charge in [-0.1, -0.05) is 0 Å². The molecule has 2 radical (unpaired) electrons. The summed E-state index contributed by atoms with van der Waals surface area (Å²) in [6.07, 6.45) is 0. The van der Waals surface area contributed by atoms with E-state index in [2.05, 4.69) is 0 Å². The molecule has 0 amide bonds. The van der Waals surface area contributed by atoms with Crippen molar-refractivity contribution in [3.05, 3.63) is 0 Å². The van der Waals surface area contributed by atoms with Gasteiger partial charge in [0, 0.05) is 0 Å². The van der Waals surface area contributed by atoms with Crippen LogP contribution in [0, 0.1) is 0 Å². The van der Waals surface area contributed by atoms with Crippen molar-refractivity contribution >= 4 is 9.05 Å². The Morgan fingerprint density at radius 2 is 0.714 bits per heavy atom. The van der Waals surface area contributed by atoms with E-state index in [0.717, 1.165) is 0 Å². The normalized spacial score (nSPS) is 8.57. The average molecular weight is 454 g/mol. The summed E-state index contributed by atoms with van der Waals surface area (Å²) in [7, 11) is -5.61. The Kier molecular flexibility index (Phi) is 12.8. The fourth-order valence-electron chi connectivity index (χ4n) is 0. The Morgan fingerprint density at radius 1 is 0.714 bits per heavy atom. The molecular formula is O4SiTa2.